The second-order valence-electron chi connectivity index (χ2n) is 7.73. The van der Waals surface area contributed by atoms with Crippen LogP contribution in [0.5, 0.6) is 5.75 Å². The van der Waals surface area contributed by atoms with Crippen LogP contribution in [-0.4, -0.2) is 62.2 Å². The van der Waals surface area contributed by atoms with Gasteiger partial charge in [-0.2, -0.15) is 0 Å². The van der Waals surface area contributed by atoms with E-state index < -0.39 is 11.8 Å². The molecule has 2 aromatic rings. The summed E-state index contributed by atoms with van der Waals surface area (Å²) in [6.07, 6.45) is 2.36. The summed E-state index contributed by atoms with van der Waals surface area (Å²) in [4.78, 5) is 32.1. The number of hydrogen-bond acceptors (Lipinski definition) is 6. The third-order valence-electron chi connectivity index (χ3n) is 5.83. The molecule has 2 heterocycles. The Hall–Kier alpha value is -3.32. The lowest BCUT2D eigenvalue weighted by Crippen LogP contribution is -2.34. The van der Waals surface area contributed by atoms with Gasteiger partial charge >= 0.3 is 0 Å². The quantitative estimate of drug-likeness (QED) is 0.693. The number of aliphatic hydroxyl groups excluding tert-OH is 1. The van der Waals surface area contributed by atoms with Crippen molar-refractivity contribution in [1.82, 2.24) is 4.90 Å². The molecule has 0 aliphatic carbocycles. The summed E-state index contributed by atoms with van der Waals surface area (Å²) in [6.45, 7) is 2.15. The lowest BCUT2D eigenvalue weighted by Gasteiger charge is -2.21. The molecule has 0 bridgehead atoms. The molecule has 0 aromatic heterocycles. The van der Waals surface area contributed by atoms with E-state index in [1.165, 1.54) is 24.9 Å². The van der Waals surface area contributed by atoms with Gasteiger partial charge in [-0.1, -0.05) is 18.2 Å². The Bertz CT molecular complexity index is 1010. The standard InChI is InChI=1S/C24H27N3O4/c1-25(15-16-28)22-21(19-7-3-4-8-20(19)31-2)23(29)27(24(22)30)18-11-9-17(10-12-18)26-13-5-6-14-26/h3-4,7-12,28H,5-6,13-16H2,1-2H3. The third kappa shape index (κ3) is 3.77. The summed E-state index contributed by atoms with van der Waals surface area (Å²) >= 11 is 0. The number of anilines is 2. The van der Waals surface area contributed by atoms with E-state index in [9.17, 15) is 14.7 Å². The molecule has 31 heavy (non-hydrogen) atoms. The second kappa shape index (κ2) is 8.81. The molecule has 1 fully saturated rings. The van der Waals surface area contributed by atoms with Crippen LogP contribution in [0, 0.1) is 0 Å². The number of methoxy groups -OCH3 is 1. The SMILES string of the molecule is COc1ccccc1C1=C(N(C)CCO)C(=O)N(c2ccc(N3CCCC3)cc2)C1=O. The zero-order valence-corrected chi connectivity index (χ0v) is 17.9. The van der Waals surface area contributed by atoms with Gasteiger partial charge in [-0.05, 0) is 43.2 Å². The van der Waals surface area contributed by atoms with Gasteiger partial charge in [0.1, 0.15) is 11.4 Å². The van der Waals surface area contributed by atoms with E-state index in [2.05, 4.69) is 4.90 Å². The fourth-order valence-electron chi connectivity index (χ4n) is 4.25. The first-order chi connectivity index (χ1) is 15.1. The van der Waals surface area contributed by atoms with Crippen LogP contribution in [0.1, 0.15) is 18.4 Å². The number of carbonyl (C=O) groups excluding carboxylic acids is 2. The van der Waals surface area contributed by atoms with E-state index in [0.29, 0.717) is 17.0 Å². The second-order valence-corrected chi connectivity index (χ2v) is 7.73. The molecule has 1 N–H and O–H groups in total. The Kier molecular flexibility index (Phi) is 5.95. The molecule has 2 aliphatic rings. The maximum Gasteiger partial charge on any atom is 0.282 e. The van der Waals surface area contributed by atoms with Crippen molar-refractivity contribution in [1.29, 1.82) is 0 Å². The van der Waals surface area contributed by atoms with E-state index in [-0.39, 0.29) is 24.4 Å². The van der Waals surface area contributed by atoms with Crippen LogP contribution in [0.25, 0.3) is 5.57 Å². The van der Waals surface area contributed by atoms with Gasteiger partial charge in [0.15, 0.2) is 0 Å². The molecule has 1 saturated heterocycles. The normalized spacial score (nSPS) is 16.5. The summed E-state index contributed by atoms with van der Waals surface area (Å²) in [5, 5.41) is 9.42. The van der Waals surface area contributed by atoms with Crippen LogP contribution in [-0.2, 0) is 9.59 Å². The first-order valence-corrected chi connectivity index (χ1v) is 10.5. The minimum Gasteiger partial charge on any atom is -0.496 e. The summed E-state index contributed by atoms with van der Waals surface area (Å²) in [5.74, 6) is -0.293. The molecule has 4 rings (SSSR count). The molecule has 0 spiro atoms. The van der Waals surface area contributed by atoms with Gasteiger partial charge in [0, 0.05) is 37.9 Å². The Morgan fingerprint density at radius 1 is 0.968 bits per heavy atom. The van der Waals surface area contributed by atoms with E-state index in [1.807, 2.05) is 30.3 Å². The van der Waals surface area contributed by atoms with Crippen molar-refractivity contribution in [3.63, 3.8) is 0 Å². The maximum absolute atomic E-state index is 13.5. The average molecular weight is 421 g/mol. The number of benzene rings is 2. The van der Waals surface area contributed by atoms with E-state index >= 15 is 0 Å². The number of rotatable bonds is 7. The summed E-state index contributed by atoms with van der Waals surface area (Å²) in [6, 6.07) is 14.7. The lowest BCUT2D eigenvalue weighted by atomic mass is 10.0. The number of amides is 2. The van der Waals surface area contributed by atoms with Gasteiger partial charge in [-0.3, -0.25) is 9.59 Å². The van der Waals surface area contributed by atoms with Gasteiger partial charge in [0.05, 0.1) is 25.0 Å². The third-order valence-corrected chi connectivity index (χ3v) is 5.83. The molecule has 2 aliphatic heterocycles. The molecule has 7 nitrogen and oxygen atoms in total. The maximum atomic E-state index is 13.5. The zero-order chi connectivity index (χ0) is 22.0. The highest BCUT2D eigenvalue weighted by Crippen LogP contribution is 2.38. The first kappa shape index (κ1) is 20.9. The Balaban J connectivity index is 1.74. The lowest BCUT2D eigenvalue weighted by molar-refractivity contribution is -0.120. The van der Waals surface area contributed by atoms with Crippen LogP contribution in [0.4, 0.5) is 11.4 Å². The Morgan fingerprint density at radius 3 is 2.26 bits per heavy atom. The highest BCUT2D eigenvalue weighted by Gasteiger charge is 2.42. The molecule has 0 atom stereocenters. The van der Waals surface area contributed by atoms with Crippen molar-refractivity contribution < 1.29 is 19.4 Å². The van der Waals surface area contributed by atoms with Crippen molar-refractivity contribution in [2.24, 2.45) is 0 Å². The van der Waals surface area contributed by atoms with Crippen molar-refractivity contribution in [3.8, 4) is 5.75 Å². The number of hydrogen-bond donors (Lipinski definition) is 1. The van der Waals surface area contributed by atoms with Gasteiger partial charge in [-0.25, -0.2) is 4.90 Å². The molecular formula is C24H27N3O4. The van der Waals surface area contributed by atoms with E-state index in [4.69, 9.17) is 4.74 Å². The van der Waals surface area contributed by atoms with Gasteiger partial charge in [0.25, 0.3) is 11.8 Å². The minimum absolute atomic E-state index is 0.134. The first-order valence-electron chi connectivity index (χ1n) is 10.5. The largest absolute Gasteiger partial charge is 0.496 e. The van der Waals surface area contributed by atoms with Crippen LogP contribution in [0.3, 0.4) is 0 Å². The predicted molar refractivity (Wildman–Crippen MR) is 120 cm³/mol. The number of nitrogens with zero attached hydrogens (tertiary/aromatic N) is 3. The van der Waals surface area contributed by atoms with Crippen LogP contribution in [0.2, 0.25) is 0 Å². The van der Waals surface area contributed by atoms with E-state index in [0.717, 1.165) is 18.8 Å². The summed E-state index contributed by atoms with van der Waals surface area (Å²) in [5.41, 5.74) is 2.71. The number of imide groups is 1. The molecule has 2 aromatic carbocycles. The average Bonchev–Trinajstić information content (AvgIpc) is 3.40. The minimum atomic E-state index is -0.407. The van der Waals surface area contributed by atoms with Crippen molar-refractivity contribution >= 4 is 28.8 Å². The van der Waals surface area contributed by atoms with Gasteiger partial charge in [-0.15, -0.1) is 0 Å². The van der Waals surface area contributed by atoms with Crippen LogP contribution in [0.15, 0.2) is 54.2 Å². The molecule has 7 heteroatoms. The number of para-hydroxylation sites is 1. The number of likely N-dealkylation sites (N-methyl/N-ethyl adjacent to an activating group) is 1. The molecule has 0 saturated carbocycles. The topological polar surface area (TPSA) is 73.3 Å². The summed E-state index contributed by atoms with van der Waals surface area (Å²) in [7, 11) is 3.23. The van der Waals surface area contributed by atoms with Crippen molar-refractivity contribution in [2.75, 3.05) is 50.2 Å². The predicted octanol–water partition coefficient (Wildman–Crippen LogP) is 2.50. The molecular weight excluding hydrogens is 394 g/mol. The fraction of sp³-hybridized carbons (Fsp3) is 0.333. The Morgan fingerprint density at radius 2 is 1.61 bits per heavy atom. The molecule has 2 amide bonds. The number of ether oxygens (including phenoxy) is 1. The number of aliphatic hydroxyl groups is 1. The molecule has 0 radical (unpaired) electrons. The Labute approximate surface area is 182 Å². The number of carbonyl (C=O) groups is 2. The van der Waals surface area contributed by atoms with Crippen LogP contribution < -0.4 is 14.5 Å². The van der Waals surface area contributed by atoms with Gasteiger partial charge < -0.3 is 19.6 Å². The summed E-state index contributed by atoms with van der Waals surface area (Å²) < 4.78 is 5.45. The molecule has 162 valence electrons. The zero-order valence-electron chi connectivity index (χ0n) is 17.9. The van der Waals surface area contributed by atoms with E-state index in [1.54, 1.807) is 30.1 Å². The highest BCUT2D eigenvalue weighted by molar-refractivity contribution is 6.45. The molecule has 0 unspecified atom stereocenters. The monoisotopic (exact) mass is 421 g/mol. The van der Waals surface area contributed by atoms with Crippen molar-refractivity contribution in [2.45, 2.75) is 12.8 Å². The smallest absolute Gasteiger partial charge is 0.282 e. The highest BCUT2D eigenvalue weighted by atomic mass is 16.5. The van der Waals surface area contributed by atoms with Crippen molar-refractivity contribution in [3.05, 3.63) is 59.8 Å². The fourth-order valence-corrected chi connectivity index (χ4v) is 4.25. The van der Waals surface area contributed by atoms with Crippen LogP contribution >= 0.6 is 0 Å². The van der Waals surface area contributed by atoms with Gasteiger partial charge in [0.2, 0.25) is 0 Å².